The van der Waals surface area contributed by atoms with Crippen LogP contribution in [0.25, 0.3) is 0 Å². The zero-order valence-electron chi connectivity index (χ0n) is 11.3. The maximum absolute atomic E-state index is 12.5. The van der Waals surface area contributed by atoms with E-state index in [2.05, 4.69) is 4.98 Å². The number of carbonyl (C=O) groups is 1. The van der Waals surface area contributed by atoms with E-state index in [1.54, 1.807) is 29.2 Å². The Morgan fingerprint density at radius 1 is 1.30 bits per heavy atom. The number of pyridine rings is 1. The lowest BCUT2D eigenvalue weighted by molar-refractivity contribution is 0.0984. The number of anilines is 2. The molecule has 0 bridgehead atoms. The summed E-state index contributed by atoms with van der Waals surface area (Å²) in [5, 5.41) is 9.76. The smallest absolute Gasteiger partial charge is 0.262 e. The van der Waals surface area contributed by atoms with Crippen LogP contribution < -0.4 is 10.6 Å². The largest absolute Gasteiger partial charge is 0.505 e. The van der Waals surface area contributed by atoms with Crippen LogP contribution in [0.15, 0.2) is 42.7 Å². The highest BCUT2D eigenvalue weighted by atomic mass is 16.3. The van der Waals surface area contributed by atoms with Crippen molar-refractivity contribution in [1.29, 1.82) is 0 Å². The van der Waals surface area contributed by atoms with Crippen LogP contribution in [-0.2, 0) is 0 Å². The average Bonchev–Trinajstić information content (AvgIpc) is 2.46. The molecule has 0 saturated heterocycles. The third-order valence-electron chi connectivity index (χ3n) is 2.93. The molecule has 0 aliphatic heterocycles. The lowest BCUT2D eigenvalue weighted by Crippen LogP contribution is -2.31. The minimum atomic E-state index is -0.253. The van der Waals surface area contributed by atoms with Crippen molar-refractivity contribution in [1.82, 2.24) is 4.98 Å². The molecule has 104 valence electrons. The second-order valence-corrected chi connectivity index (χ2v) is 4.44. The normalized spacial score (nSPS) is 10.2. The number of nitrogens with two attached hydrogens (primary N) is 1. The van der Waals surface area contributed by atoms with Gasteiger partial charge in [0.1, 0.15) is 5.75 Å². The van der Waals surface area contributed by atoms with Crippen LogP contribution in [0.1, 0.15) is 23.7 Å². The summed E-state index contributed by atoms with van der Waals surface area (Å²) in [7, 11) is 0. The summed E-state index contributed by atoms with van der Waals surface area (Å²) in [5.74, 6) is -0.370. The van der Waals surface area contributed by atoms with Gasteiger partial charge in [-0.3, -0.25) is 9.78 Å². The summed E-state index contributed by atoms with van der Waals surface area (Å²) >= 11 is 0. The molecule has 0 unspecified atom stereocenters. The van der Waals surface area contributed by atoms with Crippen molar-refractivity contribution in [2.75, 3.05) is 17.2 Å². The Labute approximate surface area is 117 Å². The molecule has 1 aromatic carbocycles. The van der Waals surface area contributed by atoms with Crippen molar-refractivity contribution in [2.45, 2.75) is 13.3 Å². The molecule has 0 fully saturated rings. The van der Waals surface area contributed by atoms with E-state index in [0.29, 0.717) is 12.2 Å². The second kappa shape index (κ2) is 6.06. The Morgan fingerprint density at radius 2 is 2.00 bits per heavy atom. The van der Waals surface area contributed by atoms with E-state index < -0.39 is 0 Å². The first-order valence-electron chi connectivity index (χ1n) is 6.44. The predicted molar refractivity (Wildman–Crippen MR) is 78.7 cm³/mol. The van der Waals surface area contributed by atoms with Gasteiger partial charge >= 0.3 is 0 Å². The fourth-order valence-electron chi connectivity index (χ4n) is 1.94. The molecule has 0 aliphatic carbocycles. The summed E-state index contributed by atoms with van der Waals surface area (Å²) in [4.78, 5) is 17.9. The molecular weight excluding hydrogens is 254 g/mol. The van der Waals surface area contributed by atoms with E-state index in [4.69, 9.17) is 5.73 Å². The highest BCUT2D eigenvalue weighted by Crippen LogP contribution is 2.22. The van der Waals surface area contributed by atoms with Crippen molar-refractivity contribution in [3.63, 3.8) is 0 Å². The number of rotatable bonds is 4. The van der Waals surface area contributed by atoms with Gasteiger partial charge in [-0.25, -0.2) is 0 Å². The third kappa shape index (κ3) is 2.88. The van der Waals surface area contributed by atoms with E-state index in [1.807, 2.05) is 6.92 Å². The van der Waals surface area contributed by atoms with Crippen LogP contribution in [0, 0.1) is 0 Å². The minimum Gasteiger partial charge on any atom is -0.505 e. The highest BCUT2D eigenvalue weighted by Gasteiger charge is 2.19. The molecule has 5 heteroatoms. The Hall–Kier alpha value is -2.56. The van der Waals surface area contributed by atoms with E-state index in [1.165, 1.54) is 18.5 Å². The summed E-state index contributed by atoms with van der Waals surface area (Å²) in [6.07, 6.45) is 3.56. The van der Waals surface area contributed by atoms with E-state index in [-0.39, 0.29) is 17.2 Å². The molecule has 2 aromatic rings. The van der Waals surface area contributed by atoms with Gasteiger partial charge in [-0.2, -0.15) is 0 Å². The number of aromatic hydroxyl groups is 1. The minimum absolute atomic E-state index is 0.117. The standard InChI is InChI=1S/C15H17N3O2/c1-2-9-18(12-5-3-11(16)4-6-12)15(20)13-7-8-17-10-14(13)19/h3-8,10,19H,2,9,16H2,1H3. The van der Waals surface area contributed by atoms with Crippen LogP contribution in [0.5, 0.6) is 5.75 Å². The van der Waals surface area contributed by atoms with Gasteiger partial charge in [-0.15, -0.1) is 0 Å². The molecular formula is C15H17N3O2. The Morgan fingerprint density at radius 3 is 2.60 bits per heavy atom. The number of hydrogen-bond acceptors (Lipinski definition) is 4. The van der Waals surface area contributed by atoms with Gasteiger partial charge in [0.2, 0.25) is 0 Å². The zero-order chi connectivity index (χ0) is 14.5. The van der Waals surface area contributed by atoms with Crippen molar-refractivity contribution < 1.29 is 9.90 Å². The zero-order valence-corrected chi connectivity index (χ0v) is 11.3. The number of nitrogens with zero attached hydrogens (tertiary/aromatic N) is 2. The average molecular weight is 271 g/mol. The maximum atomic E-state index is 12.5. The summed E-state index contributed by atoms with van der Waals surface area (Å²) in [6, 6.07) is 8.59. The molecule has 20 heavy (non-hydrogen) atoms. The van der Waals surface area contributed by atoms with Crippen molar-refractivity contribution in [3.8, 4) is 5.75 Å². The third-order valence-corrected chi connectivity index (χ3v) is 2.93. The second-order valence-electron chi connectivity index (χ2n) is 4.44. The van der Waals surface area contributed by atoms with Crippen LogP contribution in [-0.4, -0.2) is 22.5 Å². The fourth-order valence-corrected chi connectivity index (χ4v) is 1.94. The topological polar surface area (TPSA) is 79.5 Å². The van der Waals surface area contributed by atoms with Crippen molar-refractivity contribution >= 4 is 17.3 Å². The van der Waals surface area contributed by atoms with Crippen LogP contribution in [0.3, 0.4) is 0 Å². The van der Waals surface area contributed by atoms with Crippen LogP contribution in [0.2, 0.25) is 0 Å². The Kier molecular flexibility index (Phi) is 4.20. The van der Waals surface area contributed by atoms with Gasteiger partial charge in [0.25, 0.3) is 5.91 Å². The number of amides is 1. The number of hydrogen-bond donors (Lipinski definition) is 2. The van der Waals surface area contributed by atoms with Crippen LogP contribution >= 0.6 is 0 Å². The maximum Gasteiger partial charge on any atom is 0.262 e. The molecule has 5 nitrogen and oxygen atoms in total. The number of nitrogen functional groups attached to an aromatic ring is 1. The first-order valence-corrected chi connectivity index (χ1v) is 6.44. The SMILES string of the molecule is CCCN(C(=O)c1ccncc1O)c1ccc(N)cc1. The first-order chi connectivity index (χ1) is 9.63. The van der Waals surface area contributed by atoms with E-state index in [0.717, 1.165) is 12.1 Å². The van der Waals surface area contributed by atoms with E-state index >= 15 is 0 Å². The molecule has 0 radical (unpaired) electrons. The first kappa shape index (κ1) is 13.9. The van der Waals surface area contributed by atoms with Gasteiger partial charge in [-0.1, -0.05) is 6.92 Å². The lowest BCUT2D eigenvalue weighted by Gasteiger charge is -2.22. The van der Waals surface area contributed by atoms with Gasteiger partial charge < -0.3 is 15.7 Å². The Bertz CT molecular complexity index is 596. The number of carbonyl (C=O) groups excluding carboxylic acids is 1. The molecule has 0 aliphatic rings. The van der Waals surface area contributed by atoms with Gasteiger partial charge in [0, 0.05) is 24.1 Å². The van der Waals surface area contributed by atoms with Crippen LogP contribution in [0.4, 0.5) is 11.4 Å². The summed E-state index contributed by atoms with van der Waals surface area (Å²) < 4.78 is 0. The number of benzene rings is 1. The monoisotopic (exact) mass is 271 g/mol. The van der Waals surface area contributed by atoms with Crippen molar-refractivity contribution in [3.05, 3.63) is 48.3 Å². The quantitative estimate of drug-likeness (QED) is 0.837. The van der Waals surface area contributed by atoms with Crippen molar-refractivity contribution in [2.24, 2.45) is 0 Å². The fraction of sp³-hybridized carbons (Fsp3) is 0.200. The van der Waals surface area contributed by atoms with Gasteiger partial charge in [0.15, 0.2) is 0 Å². The van der Waals surface area contributed by atoms with Gasteiger partial charge in [-0.05, 0) is 36.8 Å². The Balaban J connectivity index is 2.36. The molecule has 0 saturated carbocycles. The lowest BCUT2D eigenvalue weighted by atomic mass is 10.2. The molecule has 0 spiro atoms. The molecule has 1 amide bonds. The highest BCUT2D eigenvalue weighted by molar-refractivity contribution is 6.07. The molecule has 0 atom stereocenters. The summed E-state index contributed by atoms with van der Waals surface area (Å²) in [6.45, 7) is 2.55. The number of aromatic nitrogens is 1. The molecule has 2 rings (SSSR count). The molecule has 3 N–H and O–H groups in total. The molecule has 1 aromatic heterocycles. The van der Waals surface area contributed by atoms with E-state index in [9.17, 15) is 9.90 Å². The van der Waals surface area contributed by atoms with Gasteiger partial charge in [0.05, 0.1) is 11.8 Å². The predicted octanol–water partition coefficient (Wildman–Crippen LogP) is 2.43. The molecule has 1 heterocycles. The summed E-state index contributed by atoms with van der Waals surface area (Å²) in [5.41, 5.74) is 7.30.